The topological polar surface area (TPSA) is 92.2 Å². The van der Waals surface area contributed by atoms with E-state index < -0.39 is 9.84 Å². The Kier molecular flexibility index (Phi) is 7.54. The first-order chi connectivity index (χ1) is 19.9. The quantitative estimate of drug-likeness (QED) is 0.221. The third-order valence-electron chi connectivity index (χ3n) is 7.20. The van der Waals surface area contributed by atoms with E-state index in [2.05, 4.69) is 92.5 Å². The maximum atomic E-state index is 11.3. The first kappa shape index (κ1) is 26.7. The summed E-state index contributed by atoms with van der Waals surface area (Å²) in [5.41, 5.74) is 8.73. The average molecular weight is 565 g/mol. The van der Waals surface area contributed by atoms with Gasteiger partial charge >= 0.3 is 0 Å². The number of nitrogens with zero attached hydrogens (tertiary/aromatic N) is 4. The van der Waals surface area contributed by atoms with Crippen LogP contribution in [-0.2, 0) is 29.5 Å². The van der Waals surface area contributed by atoms with E-state index in [9.17, 15) is 8.42 Å². The molecule has 3 heterocycles. The van der Waals surface area contributed by atoms with Gasteiger partial charge in [-0.25, -0.2) is 8.42 Å². The lowest BCUT2D eigenvalue weighted by Gasteiger charge is -2.27. The van der Waals surface area contributed by atoms with Gasteiger partial charge in [0.15, 0.2) is 0 Å². The van der Waals surface area contributed by atoms with Gasteiger partial charge < -0.3 is 15.5 Å². The molecule has 1 aliphatic rings. The van der Waals surface area contributed by atoms with Crippen molar-refractivity contribution in [2.45, 2.75) is 19.6 Å². The van der Waals surface area contributed by atoms with Crippen LogP contribution in [0.15, 0.2) is 97.6 Å². The fourth-order valence-corrected chi connectivity index (χ4v) is 5.52. The molecule has 0 saturated carbocycles. The highest BCUT2D eigenvalue weighted by atomic mass is 32.2. The Morgan fingerprint density at radius 2 is 1.76 bits per heavy atom. The van der Waals surface area contributed by atoms with Crippen molar-refractivity contribution in [3.05, 3.63) is 120 Å². The lowest BCUT2D eigenvalue weighted by atomic mass is 10.0. The number of hydrogen-bond donors (Lipinski definition) is 2. The molecule has 0 aliphatic carbocycles. The summed E-state index contributed by atoms with van der Waals surface area (Å²) in [5, 5.41) is 12.5. The van der Waals surface area contributed by atoms with Crippen LogP contribution >= 0.6 is 0 Å². The standard InChI is InChI=1S/C32H32N6O2S/c1-41(39,40)16-14-33-18-24-7-10-29(11-8-24)37-15-13-26-19-34-21-31(30(26)23-37)36-28-9-12-32-27(17-28)20-35-38(32)22-25-5-3-2-4-6-25/h2-13,15,17,19-21,33,36H,14,16,18,22-23H2,1H3. The Morgan fingerprint density at radius 3 is 2.56 bits per heavy atom. The number of nitrogens with one attached hydrogen (secondary N) is 2. The van der Waals surface area contributed by atoms with E-state index in [-0.39, 0.29) is 5.75 Å². The Bertz CT molecular complexity index is 1800. The van der Waals surface area contributed by atoms with Crippen LogP contribution in [-0.4, -0.2) is 41.7 Å². The monoisotopic (exact) mass is 564 g/mol. The van der Waals surface area contributed by atoms with Gasteiger partial charge in [0.1, 0.15) is 9.84 Å². The predicted molar refractivity (Wildman–Crippen MR) is 166 cm³/mol. The van der Waals surface area contributed by atoms with Gasteiger partial charge in [0.25, 0.3) is 0 Å². The van der Waals surface area contributed by atoms with Crippen LogP contribution in [0.4, 0.5) is 17.1 Å². The van der Waals surface area contributed by atoms with Gasteiger partial charge in [-0.2, -0.15) is 5.10 Å². The minimum atomic E-state index is -2.96. The summed E-state index contributed by atoms with van der Waals surface area (Å²) < 4.78 is 24.7. The molecule has 9 heteroatoms. The van der Waals surface area contributed by atoms with Crippen molar-refractivity contribution in [2.24, 2.45) is 0 Å². The molecule has 0 unspecified atom stereocenters. The van der Waals surface area contributed by atoms with E-state index in [1.165, 1.54) is 17.4 Å². The van der Waals surface area contributed by atoms with Crippen LogP contribution in [0.25, 0.3) is 17.0 Å². The van der Waals surface area contributed by atoms with Gasteiger partial charge in [-0.15, -0.1) is 0 Å². The molecular formula is C32H32N6O2S. The Balaban J connectivity index is 1.14. The number of hydrogen-bond acceptors (Lipinski definition) is 7. The summed E-state index contributed by atoms with van der Waals surface area (Å²) in [6, 6.07) is 25.0. The van der Waals surface area contributed by atoms with Gasteiger partial charge in [-0.3, -0.25) is 9.67 Å². The van der Waals surface area contributed by atoms with Crippen molar-refractivity contribution in [1.82, 2.24) is 20.1 Å². The number of sulfone groups is 1. The Morgan fingerprint density at radius 1 is 0.927 bits per heavy atom. The van der Waals surface area contributed by atoms with E-state index in [1.54, 1.807) is 0 Å². The molecule has 0 saturated heterocycles. The van der Waals surface area contributed by atoms with Crippen molar-refractivity contribution in [1.29, 1.82) is 0 Å². The second-order valence-corrected chi connectivity index (χ2v) is 12.6. The van der Waals surface area contributed by atoms with Crippen molar-refractivity contribution >= 4 is 43.9 Å². The maximum Gasteiger partial charge on any atom is 0.148 e. The minimum Gasteiger partial charge on any atom is -0.354 e. The molecule has 3 aromatic carbocycles. The second kappa shape index (κ2) is 11.6. The number of anilines is 3. The summed E-state index contributed by atoms with van der Waals surface area (Å²) in [7, 11) is -2.96. The fourth-order valence-electron chi connectivity index (χ4n) is 5.00. The van der Waals surface area contributed by atoms with E-state index in [4.69, 9.17) is 0 Å². The van der Waals surface area contributed by atoms with Gasteiger partial charge in [-0.05, 0) is 47.5 Å². The Labute approximate surface area is 240 Å². The summed E-state index contributed by atoms with van der Waals surface area (Å²) in [5.74, 6) is 0.139. The van der Waals surface area contributed by atoms with E-state index in [1.807, 2.05) is 41.5 Å². The van der Waals surface area contributed by atoms with Crippen LogP contribution in [0, 0.1) is 0 Å². The zero-order valence-corrected chi connectivity index (χ0v) is 23.7. The second-order valence-electron chi connectivity index (χ2n) is 10.4. The molecule has 0 bridgehead atoms. The van der Waals surface area contributed by atoms with Crippen LogP contribution in [0.3, 0.4) is 0 Å². The molecular weight excluding hydrogens is 532 g/mol. The van der Waals surface area contributed by atoms with Gasteiger partial charge in [-0.1, -0.05) is 42.5 Å². The van der Waals surface area contributed by atoms with E-state index in [0.29, 0.717) is 19.6 Å². The van der Waals surface area contributed by atoms with Crippen molar-refractivity contribution in [3.8, 4) is 0 Å². The lowest BCUT2D eigenvalue weighted by Crippen LogP contribution is -2.22. The summed E-state index contributed by atoms with van der Waals surface area (Å²) in [6.45, 7) is 2.51. The molecule has 0 fully saturated rings. The number of pyridine rings is 1. The summed E-state index contributed by atoms with van der Waals surface area (Å²) in [6.07, 6.45) is 11.1. The van der Waals surface area contributed by atoms with Crippen molar-refractivity contribution in [3.63, 3.8) is 0 Å². The molecule has 0 spiro atoms. The van der Waals surface area contributed by atoms with Gasteiger partial charge in [0.05, 0.1) is 42.4 Å². The fraction of sp³-hybridized carbons (Fsp3) is 0.188. The molecule has 6 rings (SSSR count). The normalized spacial score (nSPS) is 13.0. The van der Waals surface area contributed by atoms with Crippen LogP contribution in [0.2, 0.25) is 0 Å². The summed E-state index contributed by atoms with van der Waals surface area (Å²) in [4.78, 5) is 6.69. The molecule has 5 aromatic rings. The number of aromatic nitrogens is 3. The maximum absolute atomic E-state index is 11.3. The molecule has 8 nitrogen and oxygen atoms in total. The molecule has 208 valence electrons. The minimum absolute atomic E-state index is 0.139. The zero-order valence-electron chi connectivity index (χ0n) is 22.9. The highest BCUT2D eigenvalue weighted by Gasteiger charge is 2.17. The van der Waals surface area contributed by atoms with E-state index in [0.717, 1.165) is 45.6 Å². The number of rotatable bonds is 10. The smallest absolute Gasteiger partial charge is 0.148 e. The van der Waals surface area contributed by atoms with E-state index >= 15 is 0 Å². The van der Waals surface area contributed by atoms with Crippen molar-refractivity contribution < 1.29 is 8.42 Å². The first-order valence-corrected chi connectivity index (χ1v) is 15.6. The van der Waals surface area contributed by atoms with Crippen LogP contribution < -0.4 is 15.5 Å². The molecule has 0 amide bonds. The Hall–Kier alpha value is -4.47. The predicted octanol–water partition coefficient (Wildman–Crippen LogP) is 5.35. The number of benzene rings is 3. The number of fused-ring (bicyclic) bond motifs is 2. The highest BCUT2D eigenvalue weighted by Crippen LogP contribution is 2.32. The van der Waals surface area contributed by atoms with Crippen molar-refractivity contribution in [2.75, 3.05) is 28.8 Å². The lowest BCUT2D eigenvalue weighted by molar-refractivity contribution is 0.596. The van der Waals surface area contributed by atoms with Gasteiger partial charge in [0.2, 0.25) is 0 Å². The third-order valence-corrected chi connectivity index (χ3v) is 8.14. The summed E-state index contributed by atoms with van der Waals surface area (Å²) >= 11 is 0. The molecule has 2 N–H and O–H groups in total. The van der Waals surface area contributed by atoms with Crippen LogP contribution in [0.1, 0.15) is 22.3 Å². The average Bonchev–Trinajstić information content (AvgIpc) is 3.37. The van der Waals surface area contributed by atoms with Crippen LogP contribution in [0.5, 0.6) is 0 Å². The zero-order chi connectivity index (χ0) is 28.2. The largest absolute Gasteiger partial charge is 0.354 e. The molecule has 1 aliphatic heterocycles. The molecule has 41 heavy (non-hydrogen) atoms. The SMILES string of the molecule is CS(=O)(=O)CCNCc1ccc(N2C=Cc3cncc(Nc4ccc5c(cnn5Cc5ccccc5)c4)c3C2)cc1. The third kappa shape index (κ3) is 6.48. The van der Waals surface area contributed by atoms with Gasteiger partial charge in [0, 0.05) is 59.6 Å². The highest BCUT2D eigenvalue weighted by molar-refractivity contribution is 7.90. The molecule has 2 aromatic heterocycles. The molecule has 0 radical (unpaired) electrons. The molecule has 0 atom stereocenters. The first-order valence-electron chi connectivity index (χ1n) is 13.6.